The Morgan fingerprint density at radius 1 is 1.29 bits per heavy atom. The molecule has 2 amide bonds. The SMILES string of the molecule is CN(C)CC(C)(C)CNC(=O)NCc1ccc(C(=O)O)o1. The third kappa shape index (κ3) is 6.31. The fourth-order valence-electron chi connectivity index (χ4n) is 2.05. The minimum Gasteiger partial charge on any atom is -0.475 e. The molecule has 3 N–H and O–H groups in total. The van der Waals surface area contributed by atoms with Crippen molar-refractivity contribution in [2.75, 3.05) is 27.2 Å². The van der Waals surface area contributed by atoms with Crippen LogP contribution in [-0.2, 0) is 6.54 Å². The summed E-state index contributed by atoms with van der Waals surface area (Å²) in [5, 5.41) is 14.1. The van der Waals surface area contributed by atoms with E-state index < -0.39 is 5.97 Å². The molecular weight excluding hydrogens is 274 g/mol. The second kappa shape index (κ2) is 7.12. The van der Waals surface area contributed by atoms with Gasteiger partial charge in [0.1, 0.15) is 5.76 Å². The molecule has 1 heterocycles. The Hall–Kier alpha value is -2.02. The zero-order valence-electron chi connectivity index (χ0n) is 12.9. The number of hydrogen-bond acceptors (Lipinski definition) is 4. The van der Waals surface area contributed by atoms with E-state index in [1.54, 1.807) is 0 Å². The van der Waals surface area contributed by atoms with Crippen molar-refractivity contribution in [2.24, 2.45) is 5.41 Å². The third-order valence-electron chi connectivity index (χ3n) is 2.77. The molecule has 0 aliphatic heterocycles. The number of carboxylic acids is 1. The number of aromatic carboxylic acids is 1. The van der Waals surface area contributed by atoms with Gasteiger partial charge in [0.2, 0.25) is 5.76 Å². The topological polar surface area (TPSA) is 94.8 Å². The fraction of sp³-hybridized carbons (Fsp3) is 0.571. The van der Waals surface area contributed by atoms with Gasteiger partial charge in [-0.05, 0) is 31.6 Å². The Bertz CT molecular complexity index is 494. The van der Waals surface area contributed by atoms with Gasteiger partial charge in [-0.3, -0.25) is 0 Å². The number of carbonyl (C=O) groups is 2. The summed E-state index contributed by atoms with van der Waals surface area (Å²) in [5.74, 6) is -0.870. The molecule has 0 aliphatic rings. The Kier molecular flexibility index (Phi) is 5.78. The maximum absolute atomic E-state index is 11.7. The predicted molar refractivity (Wildman–Crippen MR) is 78.2 cm³/mol. The highest BCUT2D eigenvalue weighted by atomic mass is 16.4. The average molecular weight is 297 g/mol. The first-order chi connectivity index (χ1) is 9.69. The molecule has 0 bridgehead atoms. The maximum Gasteiger partial charge on any atom is 0.371 e. The van der Waals surface area contributed by atoms with Gasteiger partial charge in [0.25, 0.3) is 0 Å². The molecule has 1 aromatic heterocycles. The molecule has 0 aromatic carbocycles. The van der Waals surface area contributed by atoms with Crippen molar-refractivity contribution in [2.45, 2.75) is 20.4 Å². The zero-order valence-corrected chi connectivity index (χ0v) is 12.9. The highest BCUT2D eigenvalue weighted by Crippen LogP contribution is 2.14. The van der Waals surface area contributed by atoms with E-state index in [1.165, 1.54) is 12.1 Å². The molecule has 7 heteroatoms. The average Bonchev–Trinajstić information content (AvgIpc) is 2.81. The highest BCUT2D eigenvalue weighted by molar-refractivity contribution is 5.84. The Balaban J connectivity index is 2.35. The Morgan fingerprint density at radius 2 is 1.95 bits per heavy atom. The summed E-state index contributed by atoms with van der Waals surface area (Å²) in [6, 6.07) is 2.58. The fourth-order valence-corrected chi connectivity index (χ4v) is 2.05. The zero-order chi connectivity index (χ0) is 16.0. The van der Waals surface area contributed by atoms with Crippen LogP contribution in [0.3, 0.4) is 0 Å². The number of urea groups is 1. The number of hydrogen-bond donors (Lipinski definition) is 3. The van der Waals surface area contributed by atoms with E-state index in [1.807, 2.05) is 14.1 Å². The number of nitrogens with zero attached hydrogens (tertiary/aromatic N) is 1. The van der Waals surface area contributed by atoms with Gasteiger partial charge >= 0.3 is 12.0 Å². The molecule has 0 unspecified atom stereocenters. The monoisotopic (exact) mass is 297 g/mol. The van der Waals surface area contributed by atoms with Crippen molar-refractivity contribution in [3.05, 3.63) is 23.7 Å². The highest BCUT2D eigenvalue weighted by Gasteiger charge is 2.19. The summed E-state index contributed by atoms with van der Waals surface area (Å²) in [6.07, 6.45) is 0. The lowest BCUT2D eigenvalue weighted by Crippen LogP contribution is -2.43. The van der Waals surface area contributed by atoms with Crippen molar-refractivity contribution in [3.8, 4) is 0 Å². The van der Waals surface area contributed by atoms with Gasteiger partial charge in [-0.15, -0.1) is 0 Å². The van der Waals surface area contributed by atoms with E-state index in [2.05, 4.69) is 29.4 Å². The molecule has 0 saturated heterocycles. The molecule has 1 rings (SSSR count). The van der Waals surface area contributed by atoms with Gasteiger partial charge in [0.15, 0.2) is 0 Å². The van der Waals surface area contributed by atoms with Gasteiger partial charge in [0, 0.05) is 13.1 Å². The molecule has 0 atom stereocenters. The lowest BCUT2D eigenvalue weighted by atomic mass is 9.93. The lowest BCUT2D eigenvalue weighted by molar-refractivity contribution is 0.0660. The molecule has 118 valence electrons. The van der Waals surface area contributed by atoms with Gasteiger partial charge in [-0.2, -0.15) is 0 Å². The molecule has 21 heavy (non-hydrogen) atoms. The lowest BCUT2D eigenvalue weighted by Gasteiger charge is -2.28. The summed E-state index contributed by atoms with van der Waals surface area (Å²) in [4.78, 5) is 24.4. The van der Waals surface area contributed by atoms with Gasteiger partial charge < -0.3 is 25.1 Å². The summed E-state index contributed by atoms with van der Waals surface area (Å²) in [7, 11) is 3.97. The third-order valence-corrected chi connectivity index (χ3v) is 2.77. The molecular formula is C14H23N3O4. The van der Waals surface area contributed by atoms with Crippen LogP contribution in [0.15, 0.2) is 16.5 Å². The smallest absolute Gasteiger partial charge is 0.371 e. The summed E-state index contributed by atoms with van der Waals surface area (Å²) in [6.45, 7) is 5.67. The quantitative estimate of drug-likeness (QED) is 0.706. The molecule has 0 aliphatic carbocycles. The number of amides is 2. The molecule has 7 nitrogen and oxygen atoms in total. The second-order valence-corrected chi connectivity index (χ2v) is 6.01. The van der Waals surface area contributed by atoms with E-state index in [4.69, 9.17) is 9.52 Å². The van der Waals surface area contributed by atoms with Crippen molar-refractivity contribution in [1.29, 1.82) is 0 Å². The van der Waals surface area contributed by atoms with Crippen LogP contribution in [0.25, 0.3) is 0 Å². The normalized spacial score (nSPS) is 11.5. The van der Waals surface area contributed by atoms with Crippen LogP contribution in [0.1, 0.15) is 30.2 Å². The largest absolute Gasteiger partial charge is 0.475 e. The van der Waals surface area contributed by atoms with E-state index in [-0.39, 0.29) is 23.8 Å². The van der Waals surface area contributed by atoms with E-state index >= 15 is 0 Å². The van der Waals surface area contributed by atoms with E-state index in [9.17, 15) is 9.59 Å². The van der Waals surface area contributed by atoms with Gasteiger partial charge in [-0.1, -0.05) is 13.8 Å². The minimum absolute atomic E-state index is 0.0397. The number of rotatable bonds is 7. The van der Waals surface area contributed by atoms with Crippen molar-refractivity contribution in [1.82, 2.24) is 15.5 Å². The number of nitrogens with one attached hydrogen (secondary N) is 2. The van der Waals surface area contributed by atoms with Crippen LogP contribution in [0.2, 0.25) is 0 Å². The molecule has 0 fully saturated rings. The number of carboxylic acid groups (broad SMARTS) is 1. The Morgan fingerprint density at radius 3 is 2.48 bits per heavy atom. The molecule has 0 radical (unpaired) electrons. The van der Waals surface area contributed by atoms with Crippen LogP contribution >= 0.6 is 0 Å². The van der Waals surface area contributed by atoms with Crippen LogP contribution in [0.5, 0.6) is 0 Å². The van der Waals surface area contributed by atoms with Gasteiger partial charge in [-0.25, -0.2) is 9.59 Å². The predicted octanol–water partition coefficient (Wildman–Crippen LogP) is 1.36. The van der Waals surface area contributed by atoms with Crippen LogP contribution in [-0.4, -0.2) is 49.2 Å². The number of furan rings is 1. The van der Waals surface area contributed by atoms with E-state index in [0.29, 0.717) is 12.3 Å². The summed E-state index contributed by atoms with van der Waals surface area (Å²) >= 11 is 0. The summed E-state index contributed by atoms with van der Waals surface area (Å²) in [5.41, 5.74) is -0.0397. The maximum atomic E-state index is 11.7. The van der Waals surface area contributed by atoms with Crippen LogP contribution in [0.4, 0.5) is 4.79 Å². The van der Waals surface area contributed by atoms with Crippen molar-refractivity contribution in [3.63, 3.8) is 0 Å². The molecule has 1 aromatic rings. The molecule has 0 spiro atoms. The standard InChI is InChI=1S/C14H23N3O4/c1-14(2,9-17(3)4)8-16-13(20)15-7-10-5-6-11(21-10)12(18)19/h5-6H,7-9H2,1-4H3,(H,18,19)(H2,15,16,20). The Labute approximate surface area is 124 Å². The van der Waals surface area contributed by atoms with Crippen molar-refractivity contribution >= 4 is 12.0 Å². The summed E-state index contributed by atoms with van der Waals surface area (Å²) < 4.78 is 5.04. The first-order valence-electron chi connectivity index (χ1n) is 6.68. The minimum atomic E-state index is -1.13. The van der Waals surface area contributed by atoms with Crippen LogP contribution < -0.4 is 10.6 Å². The number of carbonyl (C=O) groups excluding carboxylic acids is 1. The van der Waals surface area contributed by atoms with Gasteiger partial charge in [0.05, 0.1) is 6.54 Å². The van der Waals surface area contributed by atoms with E-state index in [0.717, 1.165) is 6.54 Å². The van der Waals surface area contributed by atoms with Crippen LogP contribution in [0, 0.1) is 5.41 Å². The van der Waals surface area contributed by atoms with Crippen molar-refractivity contribution < 1.29 is 19.1 Å². The molecule has 0 saturated carbocycles. The second-order valence-electron chi connectivity index (χ2n) is 6.01. The first-order valence-corrected chi connectivity index (χ1v) is 6.68. The first kappa shape index (κ1) is 17.0.